The average molecular weight is 453 g/mol. The van der Waals surface area contributed by atoms with Crippen LogP contribution in [0.2, 0.25) is 0 Å². The van der Waals surface area contributed by atoms with E-state index in [9.17, 15) is 19.5 Å². The number of fused-ring (bicyclic) bond motifs is 3. The van der Waals surface area contributed by atoms with E-state index in [1.54, 1.807) is 0 Å². The highest BCUT2D eigenvalue weighted by Crippen LogP contribution is 2.44. The lowest BCUT2D eigenvalue weighted by Crippen LogP contribution is -2.43. The normalized spacial score (nSPS) is 23.4. The molecule has 2 aliphatic carbocycles. The average Bonchev–Trinajstić information content (AvgIpc) is 3.27. The van der Waals surface area contributed by atoms with Gasteiger partial charge in [-0.1, -0.05) is 48.5 Å². The number of aliphatic carboxylic acids is 1. The number of alkyl carbamates (subject to hydrolysis) is 1. The Bertz CT molecular complexity index is 1030. The van der Waals surface area contributed by atoms with Crippen molar-refractivity contribution in [2.24, 2.45) is 11.8 Å². The van der Waals surface area contributed by atoms with Crippen LogP contribution in [0.15, 0.2) is 48.5 Å². The fourth-order valence-electron chi connectivity index (χ4n) is 4.72. The minimum atomic E-state index is -0.961. The summed E-state index contributed by atoms with van der Waals surface area (Å²) in [5, 5.41) is 12.0. The van der Waals surface area contributed by atoms with Crippen LogP contribution in [0.5, 0.6) is 0 Å². The van der Waals surface area contributed by atoms with Gasteiger partial charge in [-0.3, -0.25) is 4.79 Å². The van der Waals surface area contributed by atoms with Crippen molar-refractivity contribution in [3.8, 4) is 11.1 Å². The first-order chi connectivity index (χ1) is 15.5. The molecule has 166 valence electrons. The van der Waals surface area contributed by atoms with E-state index in [4.69, 9.17) is 4.74 Å². The number of nitrogens with one attached hydrogen (secondary N) is 1. The lowest BCUT2D eigenvalue weighted by atomic mass is 9.98. The SMILES string of the molecule is O=C(NC[C@@H]1C[C@@H]1C(=O)N1CSC[C@H]1C(=O)O)OCC1c2ccccc2-c2ccccc21. The van der Waals surface area contributed by atoms with Gasteiger partial charge in [0.15, 0.2) is 0 Å². The molecule has 0 radical (unpaired) electrons. The van der Waals surface area contributed by atoms with Gasteiger partial charge in [0, 0.05) is 24.1 Å². The molecule has 0 aromatic heterocycles. The Morgan fingerprint density at radius 3 is 2.38 bits per heavy atom. The molecule has 3 aliphatic rings. The maximum Gasteiger partial charge on any atom is 0.407 e. The van der Waals surface area contributed by atoms with E-state index in [1.807, 2.05) is 24.3 Å². The van der Waals surface area contributed by atoms with E-state index < -0.39 is 18.1 Å². The quantitative estimate of drug-likeness (QED) is 0.699. The van der Waals surface area contributed by atoms with Crippen molar-refractivity contribution in [1.82, 2.24) is 10.2 Å². The number of amides is 2. The van der Waals surface area contributed by atoms with Crippen LogP contribution in [0.1, 0.15) is 23.5 Å². The molecule has 2 aromatic carbocycles. The number of hydrogen-bond acceptors (Lipinski definition) is 5. The zero-order valence-electron chi connectivity index (χ0n) is 17.4. The van der Waals surface area contributed by atoms with Gasteiger partial charge in [-0.2, -0.15) is 0 Å². The number of ether oxygens (including phenoxy) is 1. The Morgan fingerprint density at radius 2 is 1.72 bits per heavy atom. The summed E-state index contributed by atoms with van der Waals surface area (Å²) in [6.45, 7) is 0.601. The second kappa shape index (κ2) is 8.50. The molecule has 2 amide bonds. The molecule has 1 heterocycles. The van der Waals surface area contributed by atoms with E-state index in [0.29, 0.717) is 24.6 Å². The maximum atomic E-state index is 12.6. The van der Waals surface area contributed by atoms with E-state index >= 15 is 0 Å². The largest absolute Gasteiger partial charge is 0.480 e. The highest BCUT2D eigenvalue weighted by atomic mass is 32.2. The third-order valence-electron chi connectivity index (χ3n) is 6.54. The molecule has 1 saturated carbocycles. The molecule has 2 fully saturated rings. The third kappa shape index (κ3) is 3.83. The third-order valence-corrected chi connectivity index (χ3v) is 7.55. The summed E-state index contributed by atoms with van der Waals surface area (Å²) in [7, 11) is 0. The minimum Gasteiger partial charge on any atom is -0.480 e. The van der Waals surface area contributed by atoms with Crippen molar-refractivity contribution < 1.29 is 24.2 Å². The number of carboxylic acid groups (broad SMARTS) is 1. The fourth-order valence-corrected chi connectivity index (χ4v) is 5.87. The van der Waals surface area contributed by atoms with Crippen LogP contribution in [0.25, 0.3) is 11.1 Å². The highest BCUT2D eigenvalue weighted by molar-refractivity contribution is 7.99. The van der Waals surface area contributed by atoms with Gasteiger partial charge in [-0.25, -0.2) is 9.59 Å². The minimum absolute atomic E-state index is 0.00372. The van der Waals surface area contributed by atoms with Gasteiger partial charge in [0.1, 0.15) is 12.6 Å². The molecular formula is C24H24N2O5S. The number of carbonyl (C=O) groups is 3. The number of nitrogens with zero attached hydrogens (tertiary/aromatic N) is 1. The van der Waals surface area contributed by atoms with Crippen LogP contribution >= 0.6 is 11.8 Å². The number of benzene rings is 2. The lowest BCUT2D eigenvalue weighted by molar-refractivity contribution is -0.148. The van der Waals surface area contributed by atoms with Gasteiger partial charge in [-0.15, -0.1) is 11.8 Å². The Kier molecular flexibility index (Phi) is 5.55. The number of hydrogen-bond donors (Lipinski definition) is 2. The smallest absolute Gasteiger partial charge is 0.407 e. The first kappa shape index (κ1) is 20.9. The number of carbonyl (C=O) groups excluding carboxylic acids is 2. The van der Waals surface area contributed by atoms with Crippen LogP contribution in [0.3, 0.4) is 0 Å². The summed E-state index contributed by atoms with van der Waals surface area (Å²) in [5.74, 6) is -0.425. The van der Waals surface area contributed by atoms with Crippen molar-refractivity contribution in [1.29, 1.82) is 0 Å². The zero-order valence-corrected chi connectivity index (χ0v) is 18.2. The molecule has 3 atom stereocenters. The summed E-state index contributed by atoms with van der Waals surface area (Å²) in [4.78, 5) is 37.7. The Labute approximate surface area is 190 Å². The molecule has 32 heavy (non-hydrogen) atoms. The van der Waals surface area contributed by atoms with E-state index in [0.717, 1.165) is 11.1 Å². The molecule has 2 aromatic rings. The van der Waals surface area contributed by atoms with Crippen molar-refractivity contribution in [3.63, 3.8) is 0 Å². The molecule has 8 heteroatoms. The summed E-state index contributed by atoms with van der Waals surface area (Å²) < 4.78 is 5.54. The molecule has 2 N–H and O–H groups in total. The molecule has 1 aliphatic heterocycles. The van der Waals surface area contributed by atoms with Gasteiger partial charge in [0.25, 0.3) is 0 Å². The summed E-state index contributed by atoms with van der Waals surface area (Å²) in [6, 6.07) is 15.6. The van der Waals surface area contributed by atoms with Gasteiger partial charge < -0.3 is 20.1 Å². The second-order valence-electron chi connectivity index (χ2n) is 8.47. The molecule has 0 spiro atoms. The van der Waals surface area contributed by atoms with Crippen molar-refractivity contribution >= 4 is 29.7 Å². The molecule has 0 bridgehead atoms. The van der Waals surface area contributed by atoms with Crippen LogP contribution in [-0.4, -0.2) is 58.8 Å². The maximum absolute atomic E-state index is 12.6. The predicted octanol–water partition coefficient (Wildman–Crippen LogP) is 3.15. The van der Waals surface area contributed by atoms with Gasteiger partial charge in [0.05, 0.1) is 5.88 Å². The van der Waals surface area contributed by atoms with E-state index in [2.05, 4.69) is 29.6 Å². The fraction of sp³-hybridized carbons (Fsp3) is 0.375. The van der Waals surface area contributed by atoms with Crippen molar-refractivity contribution in [2.45, 2.75) is 18.4 Å². The topological polar surface area (TPSA) is 95.9 Å². The van der Waals surface area contributed by atoms with Crippen LogP contribution < -0.4 is 5.32 Å². The lowest BCUT2D eigenvalue weighted by Gasteiger charge is -2.20. The number of thioether (sulfide) groups is 1. The van der Waals surface area contributed by atoms with E-state index in [-0.39, 0.29) is 30.3 Å². The van der Waals surface area contributed by atoms with Crippen molar-refractivity contribution in [3.05, 3.63) is 59.7 Å². The van der Waals surface area contributed by atoms with Crippen LogP contribution in [-0.2, 0) is 14.3 Å². The van der Waals surface area contributed by atoms with Crippen LogP contribution in [0, 0.1) is 11.8 Å². The van der Waals surface area contributed by atoms with Crippen molar-refractivity contribution in [2.75, 3.05) is 24.8 Å². The van der Waals surface area contributed by atoms with Gasteiger partial charge in [-0.05, 0) is 34.6 Å². The summed E-state index contributed by atoms with van der Waals surface area (Å²) >= 11 is 1.46. The summed E-state index contributed by atoms with van der Waals surface area (Å²) in [5.41, 5.74) is 4.67. The Balaban J connectivity index is 1.12. The Hall–Kier alpha value is -3.00. The number of carboxylic acids is 1. The molecule has 0 unspecified atom stereocenters. The molecule has 1 saturated heterocycles. The standard InChI is InChI=1S/C24H24N2O5S/c27-22(26-13-32-12-21(26)23(28)29)19-9-14(19)10-25-24(30)31-11-20-17-7-3-1-5-15(17)16-6-2-4-8-18(16)20/h1-8,14,19-21H,9-13H2,(H,25,30)(H,28,29)/t14-,19-,21-/m0/s1. The van der Waals surface area contributed by atoms with Gasteiger partial charge in [0.2, 0.25) is 5.91 Å². The predicted molar refractivity (Wildman–Crippen MR) is 120 cm³/mol. The first-order valence-corrected chi connectivity index (χ1v) is 11.9. The monoisotopic (exact) mass is 452 g/mol. The van der Waals surface area contributed by atoms with Crippen LogP contribution in [0.4, 0.5) is 4.79 Å². The summed E-state index contributed by atoms with van der Waals surface area (Å²) in [6.07, 6.45) is 0.167. The zero-order chi connectivity index (χ0) is 22.2. The number of rotatable bonds is 6. The molecule has 5 rings (SSSR count). The highest BCUT2D eigenvalue weighted by Gasteiger charge is 2.48. The first-order valence-electron chi connectivity index (χ1n) is 10.7. The Morgan fingerprint density at radius 1 is 1.06 bits per heavy atom. The van der Waals surface area contributed by atoms with E-state index in [1.165, 1.54) is 27.8 Å². The second-order valence-corrected chi connectivity index (χ2v) is 9.47. The molecular weight excluding hydrogens is 428 g/mol. The molecule has 7 nitrogen and oxygen atoms in total. The van der Waals surface area contributed by atoms with Gasteiger partial charge >= 0.3 is 12.1 Å².